The van der Waals surface area contributed by atoms with E-state index in [1.54, 1.807) is 0 Å². The molecule has 1 saturated carbocycles. The van der Waals surface area contributed by atoms with Crippen molar-refractivity contribution in [3.05, 3.63) is 0 Å². The third kappa shape index (κ3) is 4.33. The molecule has 2 N–H and O–H groups in total. The molecule has 2 fully saturated rings. The van der Waals surface area contributed by atoms with Gasteiger partial charge in [-0.25, -0.2) is 4.79 Å². The van der Waals surface area contributed by atoms with Crippen molar-refractivity contribution in [3.8, 4) is 0 Å². The van der Waals surface area contributed by atoms with Crippen molar-refractivity contribution < 1.29 is 14.3 Å². The van der Waals surface area contributed by atoms with Crippen molar-refractivity contribution in [2.45, 2.75) is 51.0 Å². The Kier molecular flexibility index (Phi) is 6.94. The van der Waals surface area contributed by atoms with E-state index >= 15 is 0 Å². The van der Waals surface area contributed by atoms with Gasteiger partial charge in [0.15, 0.2) is 0 Å². The number of halogens is 1. The zero-order valence-corrected chi connectivity index (χ0v) is 13.8. The quantitative estimate of drug-likeness (QED) is 0.776. The van der Waals surface area contributed by atoms with E-state index in [1.165, 1.54) is 7.11 Å². The number of piperidine rings is 1. The number of esters is 1. The maximum Gasteiger partial charge on any atom is 0.331 e. The molecular formula is C15H27ClN2O3. The Labute approximate surface area is 133 Å². The summed E-state index contributed by atoms with van der Waals surface area (Å²) in [6.45, 7) is 3.87. The highest BCUT2D eigenvalue weighted by atomic mass is 35.5. The highest BCUT2D eigenvalue weighted by molar-refractivity contribution is 5.89. The molecule has 0 bridgehead atoms. The number of nitrogens with one attached hydrogen (secondary N) is 2. The number of amides is 1. The molecule has 0 aromatic heterocycles. The lowest BCUT2D eigenvalue weighted by Crippen LogP contribution is -2.59. The molecule has 0 aromatic rings. The van der Waals surface area contributed by atoms with E-state index in [1.807, 2.05) is 0 Å². The lowest BCUT2D eigenvalue weighted by Gasteiger charge is -2.38. The van der Waals surface area contributed by atoms with Gasteiger partial charge in [0.05, 0.1) is 13.0 Å². The summed E-state index contributed by atoms with van der Waals surface area (Å²) in [5.74, 6) is 0.296. The minimum Gasteiger partial charge on any atom is -0.467 e. The smallest absolute Gasteiger partial charge is 0.331 e. The molecule has 1 atom stereocenters. The summed E-state index contributed by atoms with van der Waals surface area (Å²) in [6.07, 6.45) is 5.20. The molecule has 1 saturated heterocycles. The lowest BCUT2D eigenvalue weighted by molar-refractivity contribution is -0.153. The predicted molar refractivity (Wildman–Crippen MR) is 83.4 cm³/mol. The van der Waals surface area contributed by atoms with Crippen LogP contribution in [0.2, 0.25) is 0 Å². The Morgan fingerprint density at radius 1 is 1.24 bits per heavy atom. The van der Waals surface area contributed by atoms with Crippen LogP contribution >= 0.6 is 12.4 Å². The second kappa shape index (κ2) is 7.99. The van der Waals surface area contributed by atoms with Crippen LogP contribution in [0.15, 0.2) is 0 Å². The summed E-state index contributed by atoms with van der Waals surface area (Å²) in [7, 11) is 1.40. The Balaban J connectivity index is 0.00000220. The van der Waals surface area contributed by atoms with Crippen LogP contribution in [0.5, 0.6) is 0 Å². The van der Waals surface area contributed by atoms with Crippen molar-refractivity contribution in [2.75, 3.05) is 20.2 Å². The first kappa shape index (κ1) is 18.2. The molecule has 122 valence electrons. The van der Waals surface area contributed by atoms with Gasteiger partial charge in [0.1, 0.15) is 5.54 Å². The van der Waals surface area contributed by atoms with Crippen LogP contribution in [-0.2, 0) is 14.3 Å². The maximum atomic E-state index is 12.4. The molecule has 6 heteroatoms. The normalized spacial score (nSPS) is 32.7. The standard InChI is InChI=1S/C15H26N2O3.ClH/c1-11-5-7-15(8-6-11,14(19)20-2)17-13(18)12-4-3-9-16-10-12;/h11-12,16H,3-10H2,1-2H3,(H,17,18);1H. The summed E-state index contributed by atoms with van der Waals surface area (Å²) < 4.78 is 4.95. The van der Waals surface area contributed by atoms with Gasteiger partial charge in [0, 0.05) is 6.54 Å². The Morgan fingerprint density at radius 3 is 2.43 bits per heavy atom. The Hall–Kier alpha value is -0.810. The topological polar surface area (TPSA) is 67.4 Å². The second-order valence-corrected chi connectivity index (χ2v) is 6.29. The van der Waals surface area contributed by atoms with Crippen molar-refractivity contribution in [1.29, 1.82) is 0 Å². The first-order valence-electron chi connectivity index (χ1n) is 7.68. The maximum absolute atomic E-state index is 12.4. The average molecular weight is 319 g/mol. The van der Waals surface area contributed by atoms with Gasteiger partial charge in [-0.3, -0.25) is 4.79 Å². The molecule has 0 aromatic carbocycles. The minimum atomic E-state index is -0.796. The van der Waals surface area contributed by atoms with Gasteiger partial charge >= 0.3 is 5.97 Å². The fourth-order valence-corrected chi connectivity index (χ4v) is 3.24. The number of rotatable bonds is 3. The molecule has 0 radical (unpaired) electrons. The molecule has 2 rings (SSSR count). The van der Waals surface area contributed by atoms with Crippen LogP contribution in [0.25, 0.3) is 0 Å². The van der Waals surface area contributed by atoms with Crippen LogP contribution in [0, 0.1) is 11.8 Å². The number of hydrogen-bond acceptors (Lipinski definition) is 4. The SMILES string of the molecule is COC(=O)C1(NC(=O)C2CCCNC2)CCC(C)CC1.Cl. The zero-order valence-electron chi connectivity index (χ0n) is 12.9. The zero-order chi connectivity index (χ0) is 14.6. The summed E-state index contributed by atoms with van der Waals surface area (Å²) in [6, 6.07) is 0. The average Bonchev–Trinajstić information content (AvgIpc) is 2.49. The minimum absolute atomic E-state index is 0. The van der Waals surface area contributed by atoms with Gasteiger partial charge in [-0.05, 0) is 51.0 Å². The Bertz CT molecular complexity index is 362. The van der Waals surface area contributed by atoms with E-state index in [-0.39, 0.29) is 30.2 Å². The summed E-state index contributed by atoms with van der Waals surface area (Å²) in [5, 5.41) is 6.26. The molecule has 2 aliphatic rings. The van der Waals surface area contributed by atoms with E-state index in [4.69, 9.17) is 4.74 Å². The molecule has 1 heterocycles. The fraction of sp³-hybridized carbons (Fsp3) is 0.867. The van der Waals surface area contributed by atoms with Crippen LogP contribution in [0.4, 0.5) is 0 Å². The number of carbonyl (C=O) groups excluding carboxylic acids is 2. The van der Waals surface area contributed by atoms with Crippen LogP contribution in [0.3, 0.4) is 0 Å². The number of ether oxygens (including phenoxy) is 1. The third-order valence-corrected chi connectivity index (χ3v) is 4.73. The van der Waals surface area contributed by atoms with Gasteiger partial charge in [0.2, 0.25) is 5.91 Å². The van der Waals surface area contributed by atoms with E-state index < -0.39 is 5.54 Å². The van der Waals surface area contributed by atoms with Crippen LogP contribution in [0.1, 0.15) is 45.4 Å². The monoisotopic (exact) mass is 318 g/mol. The van der Waals surface area contributed by atoms with Gasteiger partial charge in [-0.2, -0.15) is 0 Å². The summed E-state index contributed by atoms with van der Waals surface area (Å²) >= 11 is 0. The summed E-state index contributed by atoms with van der Waals surface area (Å²) in [4.78, 5) is 24.6. The molecule has 1 amide bonds. The highest BCUT2D eigenvalue weighted by Gasteiger charge is 2.44. The van der Waals surface area contributed by atoms with Crippen LogP contribution < -0.4 is 10.6 Å². The fourth-order valence-electron chi connectivity index (χ4n) is 3.24. The van der Waals surface area contributed by atoms with Gasteiger partial charge < -0.3 is 15.4 Å². The number of hydrogen-bond donors (Lipinski definition) is 2. The van der Waals surface area contributed by atoms with Crippen molar-refractivity contribution in [1.82, 2.24) is 10.6 Å². The first-order chi connectivity index (χ1) is 9.57. The van der Waals surface area contributed by atoms with E-state index in [0.29, 0.717) is 25.3 Å². The van der Waals surface area contributed by atoms with E-state index in [2.05, 4.69) is 17.6 Å². The largest absolute Gasteiger partial charge is 0.467 e. The van der Waals surface area contributed by atoms with E-state index in [9.17, 15) is 9.59 Å². The second-order valence-electron chi connectivity index (χ2n) is 6.29. The first-order valence-corrected chi connectivity index (χ1v) is 7.68. The number of carbonyl (C=O) groups is 2. The van der Waals surface area contributed by atoms with Gasteiger partial charge in [-0.15, -0.1) is 12.4 Å². The molecular weight excluding hydrogens is 292 g/mol. The molecule has 21 heavy (non-hydrogen) atoms. The molecule has 0 spiro atoms. The number of methoxy groups -OCH3 is 1. The van der Waals surface area contributed by atoms with Crippen molar-refractivity contribution >= 4 is 24.3 Å². The van der Waals surface area contributed by atoms with Crippen molar-refractivity contribution in [2.24, 2.45) is 11.8 Å². The lowest BCUT2D eigenvalue weighted by atomic mass is 9.76. The van der Waals surface area contributed by atoms with Gasteiger partial charge in [-0.1, -0.05) is 6.92 Å². The molecule has 1 aliphatic carbocycles. The van der Waals surface area contributed by atoms with Gasteiger partial charge in [0.25, 0.3) is 0 Å². The molecule has 1 aliphatic heterocycles. The molecule has 1 unspecified atom stereocenters. The van der Waals surface area contributed by atoms with Crippen LogP contribution in [-0.4, -0.2) is 37.6 Å². The highest BCUT2D eigenvalue weighted by Crippen LogP contribution is 2.33. The summed E-state index contributed by atoms with van der Waals surface area (Å²) in [5.41, 5.74) is -0.796. The van der Waals surface area contributed by atoms with Crippen molar-refractivity contribution in [3.63, 3.8) is 0 Å². The predicted octanol–water partition coefficient (Wildman–Crippen LogP) is 1.65. The van der Waals surface area contributed by atoms with E-state index in [0.717, 1.165) is 32.2 Å². The third-order valence-electron chi connectivity index (χ3n) is 4.73. The Morgan fingerprint density at radius 2 is 1.90 bits per heavy atom. The molecule has 5 nitrogen and oxygen atoms in total.